The molecule has 166 valence electrons. The molecule has 8 heteroatoms. The number of amides is 1. The van der Waals surface area contributed by atoms with Crippen LogP contribution in [0, 0.1) is 0 Å². The number of alkyl halides is 3. The van der Waals surface area contributed by atoms with Gasteiger partial charge >= 0.3 is 6.18 Å². The van der Waals surface area contributed by atoms with Crippen molar-refractivity contribution in [3.05, 3.63) is 89.5 Å². The van der Waals surface area contributed by atoms with E-state index in [9.17, 15) is 23.1 Å². The summed E-state index contributed by atoms with van der Waals surface area (Å²) in [6, 6.07) is 16.3. The molecule has 32 heavy (non-hydrogen) atoms. The number of halogens is 3. The Bertz CT molecular complexity index is 1130. The molecule has 0 aliphatic heterocycles. The zero-order chi connectivity index (χ0) is 23.1. The van der Waals surface area contributed by atoms with Gasteiger partial charge in [-0.15, -0.1) is 0 Å². The second-order valence-corrected chi connectivity index (χ2v) is 6.69. The number of rotatable bonds is 7. The molecule has 0 aliphatic rings. The Labute approximate surface area is 182 Å². The van der Waals surface area contributed by atoms with E-state index in [1.54, 1.807) is 36.4 Å². The first-order valence-electron chi connectivity index (χ1n) is 9.51. The Balaban J connectivity index is 1.69. The molecular formula is C24H20F3NO4. The van der Waals surface area contributed by atoms with Crippen molar-refractivity contribution in [3.63, 3.8) is 0 Å². The fourth-order valence-electron chi connectivity index (χ4n) is 2.91. The highest BCUT2D eigenvalue weighted by Gasteiger charge is 2.34. The van der Waals surface area contributed by atoms with Gasteiger partial charge < -0.3 is 19.9 Å². The van der Waals surface area contributed by atoms with E-state index in [4.69, 9.17) is 9.47 Å². The smallest absolute Gasteiger partial charge is 0.419 e. The highest BCUT2D eigenvalue weighted by molar-refractivity contribution is 6.02. The van der Waals surface area contributed by atoms with Gasteiger partial charge in [0.15, 0.2) is 11.5 Å². The number of para-hydroxylation sites is 2. The van der Waals surface area contributed by atoms with E-state index in [-0.39, 0.29) is 18.1 Å². The lowest BCUT2D eigenvalue weighted by Gasteiger charge is -2.15. The summed E-state index contributed by atoms with van der Waals surface area (Å²) < 4.78 is 49.8. The van der Waals surface area contributed by atoms with Crippen LogP contribution in [0.1, 0.15) is 16.7 Å². The third kappa shape index (κ3) is 5.81. The Morgan fingerprint density at radius 2 is 1.75 bits per heavy atom. The first-order valence-corrected chi connectivity index (χ1v) is 9.51. The zero-order valence-electron chi connectivity index (χ0n) is 17.0. The van der Waals surface area contributed by atoms with E-state index in [2.05, 4.69) is 5.32 Å². The highest BCUT2D eigenvalue weighted by atomic mass is 19.4. The van der Waals surface area contributed by atoms with Gasteiger partial charge in [0.25, 0.3) is 0 Å². The number of hydrogen-bond donors (Lipinski definition) is 2. The average molecular weight is 443 g/mol. The minimum absolute atomic E-state index is 0.0586. The van der Waals surface area contributed by atoms with Crippen molar-refractivity contribution in [2.24, 2.45) is 0 Å². The minimum Gasteiger partial charge on any atom is -0.504 e. The zero-order valence-corrected chi connectivity index (χ0v) is 17.0. The molecule has 0 bridgehead atoms. The van der Waals surface area contributed by atoms with Crippen LogP contribution in [0.4, 0.5) is 18.9 Å². The normalized spacial score (nSPS) is 11.4. The molecule has 0 spiro atoms. The van der Waals surface area contributed by atoms with Crippen LogP contribution in [-0.4, -0.2) is 18.1 Å². The second-order valence-electron chi connectivity index (χ2n) is 6.69. The molecule has 0 aliphatic carbocycles. The lowest BCUT2D eigenvalue weighted by atomic mass is 10.1. The summed E-state index contributed by atoms with van der Waals surface area (Å²) in [4.78, 5) is 12.3. The van der Waals surface area contributed by atoms with Gasteiger partial charge in [0.2, 0.25) is 5.91 Å². The molecule has 3 rings (SSSR count). The topological polar surface area (TPSA) is 67.8 Å². The lowest BCUT2D eigenvalue weighted by Crippen LogP contribution is -2.12. The molecule has 2 N–H and O–H groups in total. The first-order chi connectivity index (χ1) is 15.3. The maximum atomic E-state index is 13.2. The molecule has 3 aromatic carbocycles. The predicted molar refractivity (Wildman–Crippen MR) is 115 cm³/mol. The van der Waals surface area contributed by atoms with E-state index in [0.717, 1.165) is 6.07 Å². The fourth-order valence-corrected chi connectivity index (χ4v) is 2.91. The molecule has 0 saturated heterocycles. The SMILES string of the molecule is COc1ccc(C=CC(=O)Nc2ccccc2COc2ccccc2C(F)(F)F)cc1O. The lowest BCUT2D eigenvalue weighted by molar-refractivity contribution is -0.139. The number of anilines is 1. The summed E-state index contributed by atoms with van der Waals surface area (Å²) in [6.07, 6.45) is -1.75. The van der Waals surface area contributed by atoms with Crippen LogP contribution in [0.15, 0.2) is 72.8 Å². The van der Waals surface area contributed by atoms with Crippen molar-refractivity contribution in [1.82, 2.24) is 0 Å². The summed E-state index contributed by atoms with van der Waals surface area (Å²) in [6.45, 7) is -0.167. The minimum atomic E-state index is -4.54. The van der Waals surface area contributed by atoms with Gasteiger partial charge in [-0.2, -0.15) is 13.2 Å². The molecule has 0 heterocycles. The molecule has 0 unspecified atom stereocenters. The van der Waals surface area contributed by atoms with Crippen LogP contribution in [0.3, 0.4) is 0 Å². The monoisotopic (exact) mass is 443 g/mol. The number of benzene rings is 3. The van der Waals surface area contributed by atoms with E-state index in [1.165, 1.54) is 43.5 Å². The van der Waals surface area contributed by atoms with Crippen LogP contribution in [0.5, 0.6) is 17.2 Å². The molecule has 0 fully saturated rings. The number of ether oxygens (including phenoxy) is 2. The van der Waals surface area contributed by atoms with E-state index in [0.29, 0.717) is 22.6 Å². The number of phenolic OH excluding ortho intramolecular Hbond substituents is 1. The Kier molecular flexibility index (Phi) is 7.04. The summed E-state index contributed by atoms with van der Waals surface area (Å²) in [5.74, 6) is -0.492. The van der Waals surface area contributed by atoms with Crippen LogP contribution < -0.4 is 14.8 Å². The molecular weight excluding hydrogens is 423 g/mol. The number of aromatic hydroxyl groups is 1. The molecule has 0 radical (unpaired) electrons. The van der Waals surface area contributed by atoms with Crippen LogP contribution in [0.2, 0.25) is 0 Å². The Morgan fingerprint density at radius 3 is 2.47 bits per heavy atom. The number of methoxy groups -OCH3 is 1. The quantitative estimate of drug-likeness (QED) is 0.463. The fraction of sp³-hybridized carbons (Fsp3) is 0.125. The summed E-state index contributed by atoms with van der Waals surface area (Å²) in [5.41, 5.74) is 0.628. The predicted octanol–water partition coefficient (Wildman–Crippen LogP) is 5.65. The number of carbonyl (C=O) groups is 1. The van der Waals surface area contributed by atoms with Crippen molar-refractivity contribution in [2.75, 3.05) is 12.4 Å². The van der Waals surface area contributed by atoms with Gasteiger partial charge in [-0.3, -0.25) is 4.79 Å². The molecule has 5 nitrogen and oxygen atoms in total. The van der Waals surface area contributed by atoms with Crippen molar-refractivity contribution >= 4 is 17.7 Å². The average Bonchev–Trinajstić information content (AvgIpc) is 2.77. The van der Waals surface area contributed by atoms with Crippen molar-refractivity contribution in [3.8, 4) is 17.2 Å². The Hall–Kier alpha value is -3.94. The number of phenols is 1. The van der Waals surface area contributed by atoms with Gasteiger partial charge in [0.1, 0.15) is 12.4 Å². The standard InChI is InChI=1S/C24H20F3NO4/c1-31-22-12-10-16(14-20(22)29)11-13-23(30)28-19-8-4-2-6-17(19)15-32-21-9-5-3-7-18(21)24(25,26)27/h2-14,29H,15H2,1H3,(H,28,30). The van der Waals surface area contributed by atoms with Gasteiger partial charge in [0.05, 0.1) is 12.7 Å². The number of nitrogens with one attached hydrogen (secondary N) is 1. The van der Waals surface area contributed by atoms with Crippen molar-refractivity contribution in [2.45, 2.75) is 12.8 Å². The third-order valence-electron chi connectivity index (χ3n) is 4.48. The third-order valence-corrected chi connectivity index (χ3v) is 4.48. The summed E-state index contributed by atoms with van der Waals surface area (Å²) in [5, 5.41) is 12.5. The van der Waals surface area contributed by atoms with Crippen LogP contribution in [0.25, 0.3) is 6.08 Å². The number of carbonyl (C=O) groups excluding carboxylic acids is 1. The molecule has 0 aromatic heterocycles. The van der Waals surface area contributed by atoms with Gasteiger partial charge in [-0.25, -0.2) is 0 Å². The molecule has 0 atom stereocenters. The molecule has 1 amide bonds. The number of hydrogen-bond acceptors (Lipinski definition) is 4. The van der Waals surface area contributed by atoms with Gasteiger partial charge in [0, 0.05) is 17.3 Å². The van der Waals surface area contributed by atoms with Crippen molar-refractivity contribution < 1.29 is 32.5 Å². The molecule has 0 saturated carbocycles. The largest absolute Gasteiger partial charge is 0.504 e. The van der Waals surface area contributed by atoms with Crippen LogP contribution >= 0.6 is 0 Å². The van der Waals surface area contributed by atoms with Gasteiger partial charge in [-0.05, 0) is 42.0 Å². The first kappa shape index (κ1) is 22.7. The van der Waals surface area contributed by atoms with E-state index >= 15 is 0 Å². The Morgan fingerprint density at radius 1 is 1.03 bits per heavy atom. The van der Waals surface area contributed by atoms with Crippen molar-refractivity contribution in [1.29, 1.82) is 0 Å². The maximum Gasteiger partial charge on any atom is 0.419 e. The second kappa shape index (κ2) is 9.91. The van der Waals surface area contributed by atoms with Crippen LogP contribution in [-0.2, 0) is 17.6 Å². The summed E-state index contributed by atoms with van der Waals surface area (Å²) >= 11 is 0. The highest BCUT2D eigenvalue weighted by Crippen LogP contribution is 2.36. The summed E-state index contributed by atoms with van der Waals surface area (Å²) in [7, 11) is 1.43. The van der Waals surface area contributed by atoms with Gasteiger partial charge in [-0.1, -0.05) is 36.4 Å². The maximum absolute atomic E-state index is 13.2. The van der Waals surface area contributed by atoms with E-state index in [1.807, 2.05) is 0 Å². The molecule has 3 aromatic rings. The van der Waals surface area contributed by atoms with E-state index < -0.39 is 17.6 Å².